The molecule has 6 rings (SSSR count). The van der Waals surface area contributed by atoms with Gasteiger partial charge in [-0.15, -0.1) is 0 Å². The van der Waals surface area contributed by atoms with E-state index in [0.717, 1.165) is 56.0 Å². The average Bonchev–Trinajstić information content (AvgIpc) is 3.04. The lowest BCUT2D eigenvalue weighted by molar-refractivity contribution is -0.109. The van der Waals surface area contributed by atoms with E-state index in [9.17, 15) is 9.90 Å². The number of benzene rings is 1. The summed E-state index contributed by atoms with van der Waals surface area (Å²) in [4.78, 5) is 13.3. The van der Waals surface area contributed by atoms with Crippen molar-refractivity contribution in [3.63, 3.8) is 0 Å². The van der Waals surface area contributed by atoms with Crippen molar-refractivity contribution >= 4 is 16.8 Å². The van der Waals surface area contributed by atoms with Gasteiger partial charge in [0.25, 0.3) is 5.91 Å². The Morgan fingerprint density at radius 1 is 1.21 bits per heavy atom. The summed E-state index contributed by atoms with van der Waals surface area (Å²) in [6, 6.07) is 8.07. The van der Waals surface area contributed by atoms with Crippen LogP contribution in [0.5, 0.6) is 0 Å². The van der Waals surface area contributed by atoms with Gasteiger partial charge in [-0.1, -0.05) is 38.0 Å². The highest BCUT2D eigenvalue weighted by atomic mass is 16.3. The molecule has 5 heteroatoms. The van der Waals surface area contributed by atoms with Crippen LogP contribution < -0.4 is 5.32 Å². The fourth-order valence-corrected chi connectivity index (χ4v) is 6.43. The number of carbonyl (C=O) groups is 1. The Kier molecular flexibility index (Phi) is 4.46. The molecule has 5 atom stereocenters. The molecule has 1 heterocycles. The maximum absolute atomic E-state index is 13.3. The topological polar surface area (TPSA) is 67.2 Å². The second-order valence-corrected chi connectivity index (χ2v) is 9.49. The summed E-state index contributed by atoms with van der Waals surface area (Å²) in [5, 5.41) is 19.6. The Hall–Kier alpha value is -1.88. The number of amides is 1. The third-order valence-electron chi connectivity index (χ3n) is 7.45. The van der Waals surface area contributed by atoms with Gasteiger partial charge in [0.1, 0.15) is 0 Å². The van der Waals surface area contributed by atoms with Gasteiger partial charge in [0.05, 0.1) is 11.6 Å². The minimum absolute atomic E-state index is 0.0399. The molecule has 4 saturated carbocycles. The molecule has 4 aliphatic rings. The molecule has 1 aromatic carbocycles. The van der Waals surface area contributed by atoms with Crippen LogP contribution in [0.25, 0.3) is 10.9 Å². The summed E-state index contributed by atoms with van der Waals surface area (Å²) in [5.74, 6) is 1.33. The van der Waals surface area contributed by atoms with Gasteiger partial charge in [0, 0.05) is 17.5 Å². The molecule has 28 heavy (non-hydrogen) atoms. The Balaban J connectivity index is 1.41. The first-order chi connectivity index (χ1) is 13.6. The van der Waals surface area contributed by atoms with Crippen LogP contribution in [0, 0.1) is 17.8 Å². The van der Waals surface area contributed by atoms with Crippen LogP contribution in [0.1, 0.15) is 68.8 Å². The molecule has 0 aliphatic heterocycles. The van der Waals surface area contributed by atoms with Gasteiger partial charge in [-0.2, -0.15) is 5.10 Å². The van der Waals surface area contributed by atoms with Crippen molar-refractivity contribution in [2.75, 3.05) is 0 Å². The average molecular weight is 382 g/mol. The molecular weight excluding hydrogens is 350 g/mol. The third-order valence-corrected chi connectivity index (χ3v) is 7.45. The van der Waals surface area contributed by atoms with Crippen LogP contribution in [0.15, 0.2) is 24.3 Å². The first-order valence-corrected chi connectivity index (χ1v) is 11.0. The molecule has 1 aromatic heterocycles. The van der Waals surface area contributed by atoms with E-state index in [2.05, 4.69) is 18.3 Å². The Morgan fingerprint density at radius 3 is 2.71 bits per heavy atom. The zero-order valence-corrected chi connectivity index (χ0v) is 16.7. The lowest BCUT2D eigenvalue weighted by atomic mass is 9.51. The number of aliphatic hydroxyl groups is 1. The van der Waals surface area contributed by atoms with E-state index in [0.29, 0.717) is 23.4 Å². The first kappa shape index (κ1) is 18.2. The van der Waals surface area contributed by atoms with E-state index in [-0.39, 0.29) is 17.6 Å². The predicted molar refractivity (Wildman–Crippen MR) is 109 cm³/mol. The summed E-state index contributed by atoms with van der Waals surface area (Å²) < 4.78 is 2.00. The fourth-order valence-electron chi connectivity index (χ4n) is 6.43. The number of unbranched alkanes of at least 4 members (excludes halogenated alkanes) is 2. The van der Waals surface area contributed by atoms with E-state index in [1.54, 1.807) is 0 Å². The van der Waals surface area contributed by atoms with Crippen LogP contribution in [0.3, 0.4) is 0 Å². The summed E-state index contributed by atoms with van der Waals surface area (Å²) in [6.07, 6.45) is 8.41. The molecule has 1 amide bonds. The maximum atomic E-state index is 13.3. The number of aromatic nitrogens is 2. The number of nitrogens with zero attached hydrogens (tertiary/aromatic N) is 2. The van der Waals surface area contributed by atoms with E-state index >= 15 is 0 Å². The van der Waals surface area contributed by atoms with Crippen LogP contribution in [0.4, 0.5) is 0 Å². The number of rotatable bonds is 6. The second kappa shape index (κ2) is 6.87. The summed E-state index contributed by atoms with van der Waals surface area (Å²) in [5.41, 5.74) is 1.47. The van der Waals surface area contributed by atoms with Gasteiger partial charge >= 0.3 is 0 Å². The monoisotopic (exact) mass is 381 g/mol. The van der Waals surface area contributed by atoms with Crippen molar-refractivity contribution in [3.8, 4) is 0 Å². The van der Waals surface area contributed by atoms with E-state index < -0.39 is 0 Å². The number of carbonyl (C=O) groups excluding carboxylic acids is 1. The van der Waals surface area contributed by atoms with Crippen molar-refractivity contribution in [2.45, 2.75) is 76.5 Å². The quantitative estimate of drug-likeness (QED) is 0.746. The van der Waals surface area contributed by atoms with Crippen molar-refractivity contribution in [1.82, 2.24) is 15.1 Å². The standard InChI is InChI=1S/C23H31N3O2/c1-2-3-6-9-26-19-8-5-4-7-18(19)20(25-26)22(28)24-23-12-15-10-16(13-23)21(27)17(11-15)14-23/h4-5,7-8,15-17,21,27H,2-3,6,9-14H2,1H3,(H,24,28)/t15?,16-,17+,21?,23?. The summed E-state index contributed by atoms with van der Waals surface area (Å²) in [6.45, 7) is 3.05. The van der Waals surface area contributed by atoms with Gasteiger partial charge in [-0.3, -0.25) is 9.48 Å². The molecule has 0 spiro atoms. The summed E-state index contributed by atoms with van der Waals surface area (Å²) in [7, 11) is 0. The zero-order valence-electron chi connectivity index (χ0n) is 16.7. The van der Waals surface area contributed by atoms with Gasteiger partial charge in [0.2, 0.25) is 0 Å². The van der Waals surface area contributed by atoms with Crippen LogP contribution in [-0.4, -0.2) is 32.4 Å². The van der Waals surface area contributed by atoms with Crippen molar-refractivity contribution in [2.24, 2.45) is 17.8 Å². The number of fused-ring (bicyclic) bond motifs is 1. The van der Waals surface area contributed by atoms with Crippen LogP contribution in [-0.2, 0) is 6.54 Å². The molecule has 4 aliphatic carbocycles. The number of aryl methyl sites for hydroxylation is 1. The first-order valence-electron chi connectivity index (χ1n) is 11.0. The molecule has 4 fully saturated rings. The Bertz CT molecular complexity index is 873. The molecule has 150 valence electrons. The number of nitrogens with one attached hydrogen (secondary N) is 1. The van der Waals surface area contributed by atoms with E-state index in [1.807, 2.05) is 22.9 Å². The highest BCUT2D eigenvalue weighted by Crippen LogP contribution is 2.55. The van der Waals surface area contributed by atoms with Crippen LogP contribution >= 0.6 is 0 Å². The van der Waals surface area contributed by atoms with Crippen molar-refractivity contribution < 1.29 is 9.90 Å². The van der Waals surface area contributed by atoms with Crippen molar-refractivity contribution in [3.05, 3.63) is 30.0 Å². The minimum atomic E-state index is -0.166. The minimum Gasteiger partial charge on any atom is -0.393 e. The molecule has 3 unspecified atom stereocenters. The van der Waals surface area contributed by atoms with E-state index in [4.69, 9.17) is 5.10 Å². The lowest BCUT2D eigenvalue weighted by Gasteiger charge is -2.58. The second-order valence-electron chi connectivity index (χ2n) is 9.49. The summed E-state index contributed by atoms with van der Waals surface area (Å²) >= 11 is 0. The van der Waals surface area contributed by atoms with Crippen molar-refractivity contribution in [1.29, 1.82) is 0 Å². The number of para-hydroxylation sites is 1. The molecule has 2 aromatic rings. The Morgan fingerprint density at radius 2 is 1.96 bits per heavy atom. The predicted octanol–water partition coefficient (Wildman–Crippen LogP) is 3.90. The van der Waals surface area contributed by atoms with E-state index in [1.165, 1.54) is 12.8 Å². The zero-order chi connectivity index (χ0) is 19.3. The molecule has 0 saturated heterocycles. The van der Waals surface area contributed by atoms with Crippen LogP contribution in [0.2, 0.25) is 0 Å². The van der Waals surface area contributed by atoms with Gasteiger partial charge in [0.15, 0.2) is 5.69 Å². The molecule has 2 N–H and O–H groups in total. The molecule has 5 nitrogen and oxygen atoms in total. The maximum Gasteiger partial charge on any atom is 0.272 e. The van der Waals surface area contributed by atoms with Gasteiger partial charge < -0.3 is 10.4 Å². The molecular formula is C23H31N3O2. The molecule has 4 bridgehead atoms. The third kappa shape index (κ3) is 2.95. The lowest BCUT2D eigenvalue weighted by Crippen LogP contribution is -2.63. The number of aliphatic hydroxyl groups excluding tert-OH is 1. The normalized spacial score (nSPS) is 33.5. The number of hydrogen-bond acceptors (Lipinski definition) is 3. The SMILES string of the molecule is CCCCCn1nc(C(=O)NC23CC4C[C@H](C2)C(O)[C@@H](C4)C3)c2ccccc21. The smallest absolute Gasteiger partial charge is 0.272 e. The van der Waals surface area contributed by atoms with Gasteiger partial charge in [-0.25, -0.2) is 0 Å². The number of hydrogen-bond donors (Lipinski definition) is 2. The fraction of sp³-hybridized carbons (Fsp3) is 0.652. The largest absolute Gasteiger partial charge is 0.393 e. The molecule has 0 radical (unpaired) electrons. The highest BCUT2D eigenvalue weighted by Gasteiger charge is 2.55. The Labute approximate surface area is 166 Å². The van der Waals surface area contributed by atoms with Gasteiger partial charge in [-0.05, 0) is 62.3 Å². The highest BCUT2D eigenvalue weighted by molar-refractivity contribution is 6.05.